The van der Waals surface area contributed by atoms with Gasteiger partial charge < -0.3 is 14.2 Å². The molecular weight excluding hydrogens is 408 g/mol. The molecule has 0 bridgehead atoms. The summed E-state index contributed by atoms with van der Waals surface area (Å²) in [5, 5.41) is 0. The molecule has 3 heteroatoms. The van der Waals surface area contributed by atoms with E-state index in [1.54, 1.807) is 21.3 Å². The third-order valence-electron chi connectivity index (χ3n) is 6.51. The second-order valence-electron chi connectivity index (χ2n) is 9.49. The van der Waals surface area contributed by atoms with Gasteiger partial charge in [0.05, 0.1) is 21.3 Å². The average Bonchev–Trinajstić information content (AvgIpc) is 2.83. The summed E-state index contributed by atoms with van der Waals surface area (Å²) in [7, 11) is 5.10. The van der Waals surface area contributed by atoms with Crippen molar-refractivity contribution < 1.29 is 14.2 Å². The minimum absolute atomic E-state index is 0.0579. The molecule has 174 valence electrons. The lowest BCUT2D eigenvalue weighted by Gasteiger charge is -2.37. The van der Waals surface area contributed by atoms with Gasteiger partial charge in [0.25, 0.3) is 0 Å². The van der Waals surface area contributed by atoms with Gasteiger partial charge >= 0.3 is 0 Å². The van der Waals surface area contributed by atoms with Crippen LogP contribution < -0.4 is 14.2 Å². The molecule has 0 aliphatic rings. The van der Waals surface area contributed by atoms with Gasteiger partial charge in [-0.1, -0.05) is 63.2 Å². The topological polar surface area (TPSA) is 27.7 Å². The molecule has 0 unspecified atom stereocenters. The maximum absolute atomic E-state index is 5.41. The SMILES string of the molecule is COc1ccc(/C(C)=C/[C@@](C)(CC(C)(C)c2ccc(OC)cc2)c2ccc(OC)cc2)cc1. The Balaban J connectivity index is 2.03. The van der Waals surface area contributed by atoms with Crippen molar-refractivity contribution in [1.82, 2.24) is 0 Å². The van der Waals surface area contributed by atoms with Gasteiger partial charge in [-0.15, -0.1) is 0 Å². The van der Waals surface area contributed by atoms with Gasteiger partial charge in [-0.25, -0.2) is 0 Å². The van der Waals surface area contributed by atoms with Gasteiger partial charge in [0, 0.05) is 5.41 Å². The first-order valence-electron chi connectivity index (χ1n) is 11.3. The summed E-state index contributed by atoms with van der Waals surface area (Å²) in [4.78, 5) is 0. The Hall–Kier alpha value is -3.20. The van der Waals surface area contributed by atoms with E-state index in [-0.39, 0.29) is 10.8 Å². The van der Waals surface area contributed by atoms with Crippen molar-refractivity contribution in [3.63, 3.8) is 0 Å². The van der Waals surface area contributed by atoms with Crippen molar-refractivity contribution >= 4 is 5.57 Å². The fourth-order valence-corrected chi connectivity index (χ4v) is 4.69. The summed E-state index contributed by atoms with van der Waals surface area (Å²) in [6.45, 7) is 9.14. The zero-order valence-electron chi connectivity index (χ0n) is 20.9. The first kappa shape index (κ1) is 24.4. The molecule has 0 radical (unpaired) electrons. The summed E-state index contributed by atoms with van der Waals surface area (Å²) in [5.74, 6) is 2.61. The Morgan fingerprint density at radius 3 is 1.45 bits per heavy atom. The van der Waals surface area contributed by atoms with Gasteiger partial charge in [-0.2, -0.15) is 0 Å². The zero-order chi connectivity index (χ0) is 24.1. The van der Waals surface area contributed by atoms with Crippen LogP contribution >= 0.6 is 0 Å². The van der Waals surface area contributed by atoms with Crippen molar-refractivity contribution in [3.05, 3.63) is 95.6 Å². The molecule has 0 saturated carbocycles. The van der Waals surface area contributed by atoms with Crippen LogP contribution in [0.5, 0.6) is 17.2 Å². The van der Waals surface area contributed by atoms with E-state index < -0.39 is 0 Å². The van der Waals surface area contributed by atoms with Crippen LogP contribution in [0.4, 0.5) is 0 Å². The van der Waals surface area contributed by atoms with Crippen LogP contribution in [-0.4, -0.2) is 21.3 Å². The van der Waals surface area contributed by atoms with Gasteiger partial charge in [-0.3, -0.25) is 0 Å². The molecular formula is C30H36O3. The van der Waals surface area contributed by atoms with Gasteiger partial charge in [0.2, 0.25) is 0 Å². The van der Waals surface area contributed by atoms with E-state index in [0.717, 1.165) is 23.7 Å². The molecule has 0 heterocycles. The van der Waals surface area contributed by atoms with E-state index in [4.69, 9.17) is 14.2 Å². The fraction of sp³-hybridized carbons (Fsp3) is 0.333. The summed E-state index contributed by atoms with van der Waals surface area (Å²) < 4.78 is 16.1. The molecule has 0 aliphatic heterocycles. The van der Waals surface area contributed by atoms with Crippen LogP contribution in [0.3, 0.4) is 0 Å². The molecule has 3 aromatic carbocycles. The molecule has 0 aromatic heterocycles. The molecule has 1 atom stereocenters. The normalized spacial score (nSPS) is 13.8. The maximum Gasteiger partial charge on any atom is 0.118 e. The molecule has 0 aliphatic carbocycles. The number of allylic oxidation sites excluding steroid dienone is 2. The van der Waals surface area contributed by atoms with E-state index in [0.29, 0.717) is 0 Å². The standard InChI is InChI=1S/C30H36O3/c1-22(23-8-14-26(31-5)15-9-23)20-30(4,25-12-18-28(33-7)19-13-25)21-29(2,3)24-10-16-27(32-6)17-11-24/h8-20H,21H2,1-7H3/b22-20+/t30-/m0/s1. The predicted molar refractivity (Wildman–Crippen MR) is 138 cm³/mol. The van der Waals surface area contributed by atoms with Crippen molar-refractivity contribution in [3.8, 4) is 17.2 Å². The first-order chi connectivity index (χ1) is 15.7. The van der Waals surface area contributed by atoms with Gasteiger partial charge in [0.15, 0.2) is 0 Å². The van der Waals surface area contributed by atoms with E-state index in [1.165, 1.54) is 22.3 Å². The highest BCUT2D eigenvalue weighted by molar-refractivity contribution is 5.66. The van der Waals surface area contributed by atoms with Crippen molar-refractivity contribution in [2.75, 3.05) is 21.3 Å². The predicted octanol–water partition coefficient (Wildman–Crippen LogP) is 7.44. The number of hydrogen-bond acceptors (Lipinski definition) is 3. The van der Waals surface area contributed by atoms with E-state index in [9.17, 15) is 0 Å². The Labute approximate surface area is 199 Å². The summed E-state index contributed by atoms with van der Waals surface area (Å²) in [6, 6.07) is 25.1. The minimum Gasteiger partial charge on any atom is -0.497 e. The van der Waals surface area contributed by atoms with Gasteiger partial charge in [-0.05, 0) is 77.4 Å². The second-order valence-corrected chi connectivity index (χ2v) is 9.49. The molecule has 3 aromatic rings. The highest BCUT2D eigenvalue weighted by atomic mass is 16.5. The van der Waals surface area contributed by atoms with Crippen molar-refractivity contribution in [2.24, 2.45) is 0 Å². The van der Waals surface area contributed by atoms with Crippen LogP contribution in [0.2, 0.25) is 0 Å². The minimum atomic E-state index is -0.195. The quantitative estimate of drug-likeness (QED) is 0.343. The number of hydrogen-bond donors (Lipinski definition) is 0. The van der Waals surface area contributed by atoms with Crippen LogP contribution in [0.25, 0.3) is 5.57 Å². The lowest BCUT2D eigenvalue weighted by molar-refractivity contribution is 0.377. The lowest BCUT2D eigenvalue weighted by atomic mass is 9.67. The average molecular weight is 445 g/mol. The summed E-state index contributed by atoms with van der Waals surface area (Å²) in [5.41, 5.74) is 4.73. The van der Waals surface area contributed by atoms with Crippen LogP contribution in [0.1, 0.15) is 50.8 Å². The van der Waals surface area contributed by atoms with E-state index >= 15 is 0 Å². The third-order valence-corrected chi connectivity index (χ3v) is 6.51. The summed E-state index contributed by atoms with van der Waals surface area (Å²) in [6.07, 6.45) is 3.34. The Kier molecular flexibility index (Phi) is 7.53. The van der Waals surface area contributed by atoms with E-state index in [1.807, 2.05) is 36.4 Å². The number of benzene rings is 3. The summed E-state index contributed by atoms with van der Waals surface area (Å²) >= 11 is 0. The maximum atomic E-state index is 5.41. The molecule has 3 rings (SSSR count). The zero-order valence-corrected chi connectivity index (χ0v) is 20.9. The Bertz CT molecular complexity index is 1060. The van der Waals surface area contributed by atoms with Crippen molar-refractivity contribution in [1.29, 1.82) is 0 Å². The fourth-order valence-electron chi connectivity index (χ4n) is 4.69. The van der Waals surface area contributed by atoms with Crippen LogP contribution in [0.15, 0.2) is 78.9 Å². The molecule has 0 N–H and O–H groups in total. The first-order valence-corrected chi connectivity index (χ1v) is 11.3. The molecule has 0 saturated heterocycles. The number of rotatable bonds is 9. The molecule has 0 amide bonds. The van der Waals surface area contributed by atoms with Crippen molar-refractivity contribution in [2.45, 2.75) is 44.9 Å². The van der Waals surface area contributed by atoms with Gasteiger partial charge in [0.1, 0.15) is 17.2 Å². The van der Waals surface area contributed by atoms with E-state index in [2.05, 4.69) is 70.2 Å². The molecule has 33 heavy (non-hydrogen) atoms. The number of methoxy groups -OCH3 is 3. The lowest BCUT2D eigenvalue weighted by Crippen LogP contribution is -2.31. The molecule has 0 spiro atoms. The second kappa shape index (κ2) is 10.2. The number of ether oxygens (including phenoxy) is 3. The van der Waals surface area contributed by atoms with Crippen LogP contribution in [-0.2, 0) is 10.8 Å². The third kappa shape index (κ3) is 5.78. The largest absolute Gasteiger partial charge is 0.497 e. The Morgan fingerprint density at radius 2 is 1.03 bits per heavy atom. The highest BCUT2D eigenvalue weighted by Gasteiger charge is 2.34. The Morgan fingerprint density at radius 1 is 0.636 bits per heavy atom. The monoisotopic (exact) mass is 444 g/mol. The molecule has 3 nitrogen and oxygen atoms in total. The smallest absolute Gasteiger partial charge is 0.118 e. The highest BCUT2D eigenvalue weighted by Crippen LogP contribution is 2.42. The van der Waals surface area contributed by atoms with Crippen LogP contribution in [0, 0.1) is 0 Å². The molecule has 0 fully saturated rings.